The molecule has 3 N–H and O–H groups in total. The van der Waals surface area contributed by atoms with Gasteiger partial charge in [-0.2, -0.15) is 18.3 Å². The summed E-state index contributed by atoms with van der Waals surface area (Å²) in [5.74, 6) is -2.76. The number of aryl methyl sites for hydroxylation is 1. The highest BCUT2D eigenvalue weighted by atomic mass is 32.2. The molecule has 160 valence electrons. The quantitative estimate of drug-likeness (QED) is 0.630. The van der Waals surface area contributed by atoms with E-state index in [2.05, 4.69) is 25.9 Å². The number of carboxylic acids is 1. The van der Waals surface area contributed by atoms with Crippen molar-refractivity contribution < 1.29 is 27.6 Å². The van der Waals surface area contributed by atoms with Crippen LogP contribution < -0.4 is 10.0 Å². The summed E-state index contributed by atoms with van der Waals surface area (Å²) in [6.07, 6.45) is -2.87. The topological polar surface area (TPSA) is 102 Å². The zero-order valence-corrected chi connectivity index (χ0v) is 17.2. The van der Waals surface area contributed by atoms with Gasteiger partial charge in [0.25, 0.3) is 0 Å². The van der Waals surface area contributed by atoms with E-state index in [1.165, 1.54) is 5.69 Å². The fraction of sp³-hybridized carbons (Fsp3) is 0.765. The number of hydrogen-bond acceptors (Lipinski definition) is 5. The average molecular weight is 424 g/mol. The Bertz CT molecular complexity index is 697. The van der Waals surface area contributed by atoms with E-state index in [0.29, 0.717) is 0 Å². The van der Waals surface area contributed by atoms with Crippen molar-refractivity contribution in [3.05, 3.63) is 17.5 Å². The Balaban J connectivity index is 0.000000345. The van der Waals surface area contributed by atoms with Crippen LogP contribution in [0.1, 0.15) is 51.0 Å². The van der Waals surface area contributed by atoms with Gasteiger partial charge >= 0.3 is 12.1 Å². The van der Waals surface area contributed by atoms with Crippen molar-refractivity contribution in [3.8, 4) is 0 Å². The number of fused-ring (bicyclic) bond motifs is 1. The van der Waals surface area contributed by atoms with Crippen molar-refractivity contribution >= 4 is 17.3 Å². The molecule has 0 saturated carbocycles. The highest BCUT2D eigenvalue weighted by molar-refractivity contribution is 7.90. The van der Waals surface area contributed by atoms with E-state index in [1.807, 2.05) is 27.7 Å². The minimum Gasteiger partial charge on any atom is -0.598 e. The number of hydrogen-bond donors (Lipinski definition) is 3. The van der Waals surface area contributed by atoms with Gasteiger partial charge in [-0.3, -0.25) is 4.68 Å². The molecule has 0 aromatic carbocycles. The van der Waals surface area contributed by atoms with Gasteiger partial charge < -0.3 is 15.0 Å². The number of carbonyl (C=O) groups is 1. The maximum Gasteiger partial charge on any atom is 0.490 e. The van der Waals surface area contributed by atoms with Crippen LogP contribution in [0.15, 0.2) is 6.07 Å². The van der Waals surface area contributed by atoms with Gasteiger partial charge in [-0.15, -0.1) is 4.72 Å². The van der Waals surface area contributed by atoms with Gasteiger partial charge in [0.05, 0.1) is 11.4 Å². The summed E-state index contributed by atoms with van der Waals surface area (Å²) in [5.41, 5.74) is 2.40. The van der Waals surface area contributed by atoms with Gasteiger partial charge in [-0.05, 0) is 59.7 Å². The molecular weight excluding hydrogens is 397 g/mol. The van der Waals surface area contributed by atoms with Crippen LogP contribution in [-0.4, -0.2) is 49.4 Å². The van der Waals surface area contributed by atoms with Crippen LogP contribution in [-0.2, 0) is 22.7 Å². The molecule has 0 radical (unpaired) electrons. The molecule has 2 atom stereocenters. The van der Waals surface area contributed by atoms with Crippen LogP contribution in [0.2, 0.25) is 0 Å². The predicted octanol–water partition coefficient (Wildman–Crippen LogP) is 2.30. The van der Waals surface area contributed by atoms with Crippen LogP contribution in [0, 0.1) is 12.3 Å². The van der Waals surface area contributed by atoms with E-state index in [-0.39, 0.29) is 16.2 Å². The third kappa shape index (κ3) is 5.19. The van der Waals surface area contributed by atoms with Gasteiger partial charge in [0.15, 0.2) is 0 Å². The number of aromatic nitrogens is 2. The highest BCUT2D eigenvalue weighted by Crippen LogP contribution is 2.48. The molecule has 7 nitrogen and oxygen atoms in total. The summed E-state index contributed by atoms with van der Waals surface area (Å²) in [4.78, 5) is 8.90. The average Bonchev–Trinajstić information content (AvgIpc) is 3.02. The summed E-state index contributed by atoms with van der Waals surface area (Å²) >= 11 is -1.06. The zero-order valence-electron chi connectivity index (χ0n) is 16.4. The van der Waals surface area contributed by atoms with Crippen LogP contribution in [0.4, 0.5) is 13.2 Å². The lowest BCUT2D eigenvalue weighted by molar-refractivity contribution is -0.192. The maximum absolute atomic E-state index is 12.6. The number of nitrogens with zero attached hydrogens (tertiary/aromatic N) is 2. The number of halogens is 3. The summed E-state index contributed by atoms with van der Waals surface area (Å²) in [6.45, 7) is 11.1. The summed E-state index contributed by atoms with van der Waals surface area (Å²) in [5, 5.41) is 15.2. The van der Waals surface area contributed by atoms with Crippen LogP contribution in [0.5, 0.6) is 0 Å². The van der Waals surface area contributed by atoms with Gasteiger partial charge in [-0.25, -0.2) is 4.79 Å². The summed E-state index contributed by atoms with van der Waals surface area (Å²) < 4.78 is 49.7. The second kappa shape index (κ2) is 8.21. The molecule has 1 spiro atoms. The predicted molar refractivity (Wildman–Crippen MR) is 99.0 cm³/mol. The Kier molecular flexibility index (Phi) is 6.74. The summed E-state index contributed by atoms with van der Waals surface area (Å²) in [6, 6.07) is 2.29. The van der Waals surface area contributed by atoms with Gasteiger partial charge in [0.2, 0.25) is 0 Å². The number of alkyl halides is 3. The second-order valence-corrected chi connectivity index (χ2v) is 10.2. The number of piperidine rings is 1. The van der Waals surface area contributed by atoms with Crippen molar-refractivity contribution in [2.24, 2.45) is 5.41 Å². The number of nitrogens with one attached hydrogen (secondary N) is 2. The molecule has 1 fully saturated rings. The third-order valence-corrected chi connectivity index (χ3v) is 6.49. The monoisotopic (exact) mass is 424 g/mol. The lowest BCUT2D eigenvalue weighted by Crippen LogP contribution is -2.49. The van der Waals surface area contributed by atoms with Crippen molar-refractivity contribution in [2.45, 2.75) is 64.0 Å². The molecule has 0 amide bonds. The van der Waals surface area contributed by atoms with Crippen molar-refractivity contribution in [1.82, 2.24) is 19.8 Å². The normalized spacial score (nSPS) is 22.4. The van der Waals surface area contributed by atoms with E-state index in [0.717, 1.165) is 38.2 Å². The summed E-state index contributed by atoms with van der Waals surface area (Å²) in [7, 11) is 0. The first-order valence-electron chi connectivity index (χ1n) is 8.99. The molecule has 2 aliphatic heterocycles. The Morgan fingerprint density at radius 2 is 1.93 bits per heavy atom. The molecule has 3 heterocycles. The van der Waals surface area contributed by atoms with Gasteiger partial charge in [-0.1, -0.05) is 0 Å². The minimum absolute atomic E-state index is 0.140. The highest BCUT2D eigenvalue weighted by Gasteiger charge is 2.50. The molecule has 3 rings (SSSR count). The smallest absolute Gasteiger partial charge is 0.490 e. The van der Waals surface area contributed by atoms with Crippen molar-refractivity contribution in [3.63, 3.8) is 0 Å². The molecule has 1 aromatic rings. The van der Waals surface area contributed by atoms with Crippen molar-refractivity contribution in [1.29, 1.82) is 0 Å². The molecular formula is C17H27F3N4O3S. The van der Waals surface area contributed by atoms with Crippen LogP contribution in [0.25, 0.3) is 0 Å². The Labute approximate surface area is 165 Å². The standard InChI is InChI=1S/C15H26N4OS.C2HF3O2/c1-11-9-12-13(18-21(20)14(2,3)4)15(10-19(12)17-11)5-7-16-8-6-15;3-2(4,5)1(6)7/h9,13,16,18H,5-8,10H2,1-4H3;(H,6,7)/t13-,21-;/m1./s1. The molecule has 0 bridgehead atoms. The number of rotatable bonds is 2. The van der Waals surface area contributed by atoms with E-state index < -0.39 is 23.5 Å². The Hall–Kier alpha value is -1.30. The molecule has 0 unspecified atom stereocenters. The third-order valence-electron chi connectivity index (χ3n) is 4.93. The van der Waals surface area contributed by atoms with Crippen LogP contribution >= 0.6 is 0 Å². The maximum atomic E-state index is 12.6. The molecule has 1 saturated heterocycles. The van der Waals surface area contributed by atoms with Gasteiger partial charge in [0.1, 0.15) is 10.8 Å². The first kappa shape index (κ1) is 23.0. The zero-order chi connectivity index (χ0) is 21.3. The van der Waals surface area contributed by atoms with Crippen LogP contribution in [0.3, 0.4) is 0 Å². The van der Waals surface area contributed by atoms with E-state index in [9.17, 15) is 17.7 Å². The minimum atomic E-state index is -5.08. The fourth-order valence-corrected chi connectivity index (χ4v) is 4.41. The van der Waals surface area contributed by atoms with Crippen molar-refractivity contribution in [2.75, 3.05) is 13.1 Å². The fourth-order valence-electron chi connectivity index (χ4n) is 3.47. The lowest BCUT2D eigenvalue weighted by Gasteiger charge is -2.39. The molecule has 0 aliphatic carbocycles. The molecule has 2 aliphatic rings. The Morgan fingerprint density at radius 3 is 2.39 bits per heavy atom. The number of carboxylic acid groups (broad SMARTS) is 1. The lowest BCUT2D eigenvalue weighted by atomic mass is 9.74. The van der Waals surface area contributed by atoms with Gasteiger partial charge in [0, 0.05) is 23.3 Å². The molecule has 28 heavy (non-hydrogen) atoms. The van der Waals surface area contributed by atoms with E-state index in [1.54, 1.807) is 0 Å². The van der Waals surface area contributed by atoms with E-state index >= 15 is 0 Å². The molecule has 11 heteroatoms. The SMILES string of the molecule is Cc1cc2n(n1)CC1(CCNCC1)[C@@H]2N[S@+]([O-])C(C)(C)C.O=C(O)C(F)(F)F. The first-order valence-corrected chi connectivity index (χ1v) is 10.1. The van der Waals surface area contributed by atoms with E-state index in [4.69, 9.17) is 9.90 Å². The number of aliphatic carboxylic acids is 1. The largest absolute Gasteiger partial charge is 0.598 e. The second-order valence-electron chi connectivity index (χ2n) is 8.22. The molecule has 1 aromatic heterocycles. The Morgan fingerprint density at radius 1 is 1.39 bits per heavy atom. The first-order chi connectivity index (χ1) is 12.8.